The fourth-order valence-electron chi connectivity index (χ4n) is 4.19. The van der Waals surface area contributed by atoms with Crippen molar-refractivity contribution in [2.45, 2.75) is 39.3 Å². The zero-order valence-electron chi connectivity index (χ0n) is 22.9. The van der Waals surface area contributed by atoms with E-state index in [4.69, 9.17) is 27.1 Å². The lowest BCUT2D eigenvalue weighted by atomic mass is 9.94. The summed E-state index contributed by atoms with van der Waals surface area (Å²) in [5.41, 5.74) is 10.3. The number of benzene rings is 2. The Bertz CT molecular complexity index is 1300. The van der Waals surface area contributed by atoms with E-state index in [2.05, 4.69) is 10.2 Å². The zero-order chi connectivity index (χ0) is 28.5. The number of amides is 1. The van der Waals surface area contributed by atoms with Gasteiger partial charge >= 0.3 is 5.97 Å². The van der Waals surface area contributed by atoms with Crippen LogP contribution in [0.4, 0.5) is 0 Å². The van der Waals surface area contributed by atoms with E-state index in [1.807, 2.05) is 64.3 Å². The van der Waals surface area contributed by atoms with Gasteiger partial charge in [-0.05, 0) is 55.8 Å². The first kappa shape index (κ1) is 30.1. The van der Waals surface area contributed by atoms with Crippen LogP contribution in [0.2, 0.25) is 5.02 Å². The third-order valence-corrected chi connectivity index (χ3v) is 6.72. The average molecular weight is 553 g/mol. The number of carbonyl (C=O) groups is 2. The number of ether oxygens (including phenoxy) is 1. The third-order valence-electron chi connectivity index (χ3n) is 6.41. The predicted molar refractivity (Wildman–Crippen MR) is 155 cm³/mol. The molecule has 3 rings (SSSR count). The van der Waals surface area contributed by atoms with Crippen LogP contribution < -0.4 is 15.8 Å². The first-order valence-corrected chi connectivity index (χ1v) is 13.4. The summed E-state index contributed by atoms with van der Waals surface area (Å²) < 4.78 is 6.00. The minimum atomic E-state index is -0.971. The molecule has 0 aliphatic rings. The molecule has 0 aliphatic heterocycles. The fourth-order valence-corrected chi connectivity index (χ4v) is 4.36. The molecule has 0 spiro atoms. The second-order valence-electron chi connectivity index (χ2n) is 10.1. The number of hydrogen-bond acceptors (Lipinski definition) is 6. The molecule has 2 aromatic carbocycles. The minimum absolute atomic E-state index is 0.0587. The van der Waals surface area contributed by atoms with E-state index in [1.165, 1.54) is 6.20 Å². The lowest BCUT2D eigenvalue weighted by molar-refractivity contribution is -0.137. The summed E-state index contributed by atoms with van der Waals surface area (Å²) in [5.74, 6) is -0.879. The Hall–Kier alpha value is -3.46. The van der Waals surface area contributed by atoms with Crippen LogP contribution in [0.25, 0.3) is 22.4 Å². The van der Waals surface area contributed by atoms with Gasteiger partial charge < -0.3 is 25.8 Å². The molecular formula is C30H37ClN4O4. The summed E-state index contributed by atoms with van der Waals surface area (Å²) >= 11 is 6.46. The van der Waals surface area contributed by atoms with Gasteiger partial charge in [-0.3, -0.25) is 14.6 Å². The monoisotopic (exact) mass is 552 g/mol. The Labute approximate surface area is 235 Å². The van der Waals surface area contributed by atoms with Gasteiger partial charge in [0.1, 0.15) is 5.75 Å². The van der Waals surface area contributed by atoms with Crippen LogP contribution >= 0.6 is 11.6 Å². The number of aromatic nitrogens is 1. The number of nitrogens with two attached hydrogens (primary N) is 1. The molecule has 1 amide bonds. The topological polar surface area (TPSA) is 118 Å². The molecule has 1 unspecified atom stereocenters. The standard InChI is InChI=1S/C30H37ClN4O4/c1-19(2)26(16-28(36)37)34-30(38)22-14-24(29(33-18-22)23-9-6-5-8-21(23)17-32)20-10-11-25(31)27(15-20)39-13-7-12-35(3)4/h5-6,8-11,14-15,18-19,26H,7,12-13,16-17,32H2,1-4H3,(H,34,38)(H,36,37). The zero-order valence-corrected chi connectivity index (χ0v) is 23.7. The summed E-state index contributed by atoms with van der Waals surface area (Å²) in [6, 6.07) is 14.5. The SMILES string of the molecule is CC(C)C(CC(=O)O)NC(=O)c1cnc(-c2ccccc2CN)c(-c2ccc(Cl)c(OCCCN(C)C)c2)c1. The maximum atomic E-state index is 13.2. The Morgan fingerprint density at radius 1 is 1.13 bits per heavy atom. The smallest absolute Gasteiger partial charge is 0.305 e. The van der Waals surface area contributed by atoms with E-state index in [1.54, 1.807) is 12.1 Å². The van der Waals surface area contributed by atoms with Crippen molar-refractivity contribution < 1.29 is 19.4 Å². The highest BCUT2D eigenvalue weighted by Crippen LogP contribution is 2.37. The number of carboxylic acids is 1. The number of hydrogen-bond donors (Lipinski definition) is 3. The molecule has 208 valence electrons. The molecule has 0 saturated carbocycles. The van der Waals surface area contributed by atoms with E-state index in [0.29, 0.717) is 40.7 Å². The first-order chi connectivity index (χ1) is 18.6. The Kier molecular flexibility index (Phi) is 10.9. The van der Waals surface area contributed by atoms with E-state index in [0.717, 1.165) is 29.7 Å². The summed E-state index contributed by atoms with van der Waals surface area (Å²) in [4.78, 5) is 31.3. The predicted octanol–water partition coefficient (Wildman–Crippen LogP) is 5.09. The van der Waals surface area contributed by atoms with Crippen molar-refractivity contribution in [3.05, 3.63) is 70.9 Å². The van der Waals surface area contributed by atoms with Crippen molar-refractivity contribution in [3.63, 3.8) is 0 Å². The van der Waals surface area contributed by atoms with Crippen molar-refractivity contribution in [1.29, 1.82) is 0 Å². The highest BCUT2D eigenvalue weighted by Gasteiger charge is 2.22. The second-order valence-corrected chi connectivity index (χ2v) is 10.5. The van der Waals surface area contributed by atoms with Crippen molar-refractivity contribution >= 4 is 23.5 Å². The molecule has 1 aromatic heterocycles. The Morgan fingerprint density at radius 3 is 2.54 bits per heavy atom. The summed E-state index contributed by atoms with van der Waals surface area (Å²) in [5, 5.41) is 12.6. The van der Waals surface area contributed by atoms with E-state index in [-0.39, 0.29) is 12.3 Å². The number of nitrogens with one attached hydrogen (secondary N) is 1. The molecule has 0 saturated heterocycles. The van der Waals surface area contributed by atoms with Crippen LogP contribution in [0, 0.1) is 5.92 Å². The van der Waals surface area contributed by atoms with Gasteiger partial charge in [-0.25, -0.2) is 0 Å². The number of nitrogens with zero attached hydrogens (tertiary/aromatic N) is 2. The maximum absolute atomic E-state index is 13.2. The number of aliphatic carboxylic acids is 1. The normalized spacial score (nSPS) is 12.0. The van der Waals surface area contributed by atoms with Crippen LogP contribution in [0.1, 0.15) is 42.6 Å². The molecule has 1 heterocycles. The van der Waals surface area contributed by atoms with Crippen molar-refractivity contribution in [2.75, 3.05) is 27.2 Å². The fraction of sp³-hybridized carbons (Fsp3) is 0.367. The van der Waals surface area contributed by atoms with Crippen LogP contribution in [0.5, 0.6) is 5.75 Å². The average Bonchev–Trinajstić information content (AvgIpc) is 2.90. The van der Waals surface area contributed by atoms with Gasteiger partial charge in [0, 0.05) is 36.5 Å². The van der Waals surface area contributed by atoms with Gasteiger partial charge in [0.25, 0.3) is 5.91 Å². The van der Waals surface area contributed by atoms with Crippen LogP contribution in [-0.2, 0) is 11.3 Å². The van der Waals surface area contributed by atoms with Gasteiger partial charge in [-0.2, -0.15) is 0 Å². The highest BCUT2D eigenvalue weighted by molar-refractivity contribution is 6.32. The van der Waals surface area contributed by atoms with E-state index < -0.39 is 17.9 Å². The van der Waals surface area contributed by atoms with Crippen molar-refractivity contribution in [3.8, 4) is 28.1 Å². The molecule has 8 nitrogen and oxygen atoms in total. The number of carbonyl (C=O) groups excluding carboxylic acids is 1. The molecule has 4 N–H and O–H groups in total. The molecule has 0 radical (unpaired) electrons. The quantitative estimate of drug-likeness (QED) is 0.253. The molecule has 9 heteroatoms. The van der Waals surface area contributed by atoms with Crippen molar-refractivity contribution in [2.24, 2.45) is 11.7 Å². The molecule has 0 aliphatic carbocycles. The molecule has 0 bridgehead atoms. The van der Waals surface area contributed by atoms with Crippen LogP contribution in [0.3, 0.4) is 0 Å². The van der Waals surface area contributed by atoms with Gasteiger partial charge in [-0.1, -0.05) is 55.8 Å². The van der Waals surface area contributed by atoms with E-state index in [9.17, 15) is 14.7 Å². The highest BCUT2D eigenvalue weighted by atomic mass is 35.5. The lowest BCUT2D eigenvalue weighted by Crippen LogP contribution is -2.40. The molecule has 1 atom stereocenters. The number of halogens is 1. The molecular weight excluding hydrogens is 516 g/mol. The minimum Gasteiger partial charge on any atom is -0.492 e. The summed E-state index contributed by atoms with van der Waals surface area (Å²) in [7, 11) is 4.02. The summed E-state index contributed by atoms with van der Waals surface area (Å²) in [6.45, 7) is 5.46. The molecule has 39 heavy (non-hydrogen) atoms. The first-order valence-electron chi connectivity index (χ1n) is 13.0. The van der Waals surface area contributed by atoms with Crippen LogP contribution in [0.15, 0.2) is 54.7 Å². The maximum Gasteiger partial charge on any atom is 0.305 e. The van der Waals surface area contributed by atoms with Gasteiger partial charge in [0.2, 0.25) is 0 Å². The molecule has 3 aromatic rings. The Balaban J connectivity index is 2.05. The van der Waals surface area contributed by atoms with Gasteiger partial charge in [-0.15, -0.1) is 0 Å². The third kappa shape index (κ3) is 8.26. The molecule has 0 fully saturated rings. The van der Waals surface area contributed by atoms with Gasteiger partial charge in [0.15, 0.2) is 0 Å². The van der Waals surface area contributed by atoms with Crippen molar-refractivity contribution in [1.82, 2.24) is 15.2 Å². The number of pyridine rings is 1. The lowest BCUT2D eigenvalue weighted by Gasteiger charge is -2.21. The second kappa shape index (κ2) is 14.1. The van der Waals surface area contributed by atoms with Crippen LogP contribution in [-0.4, -0.2) is 60.2 Å². The summed E-state index contributed by atoms with van der Waals surface area (Å²) in [6.07, 6.45) is 2.18. The number of rotatable bonds is 13. The van der Waals surface area contributed by atoms with Gasteiger partial charge in [0.05, 0.1) is 29.3 Å². The van der Waals surface area contributed by atoms with E-state index >= 15 is 0 Å². The number of carboxylic acid groups (broad SMARTS) is 1. The Morgan fingerprint density at radius 2 is 1.87 bits per heavy atom. The largest absolute Gasteiger partial charge is 0.492 e.